The van der Waals surface area contributed by atoms with Gasteiger partial charge in [0.25, 0.3) is 0 Å². The van der Waals surface area contributed by atoms with E-state index in [9.17, 15) is 21.6 Å². The molecule has 1 aromatic rings. The highest BCUT2D eigenvalue weighted by Crippen LogP contribution is 2.50. The van der Waals surface area contributed by atoms with Gasteiger partial charge in [0.1, 0.15) is 16.2 Å². The van der Waals surface area contributed by atoms with Crippen LogP contribution < -0.4 is 15.2 Å². The Labute approximate surface area is 127 Å². The van der Waals surface area contributed by atoms with Gasteiger partial charge < -0.3 is 10.5 Å². The third kappa shape index (κ3) is 2.97. The maximum atomic E-state index is 12.9. The molecule has 0 atom stereocenters. The number of hydrogen-bond donors (Lipinski definition) is 2. The van der Waals surface area contributed by atoms with E-state index in [-0.39, 0.29) is 24.3 Å². The number of nitrogen functional groups attached to an aromatic ring is 1. The first-order valence-corrected chi connectivity index (χ1v) is 8.04. The smallest absolute Gasteiger partial charge is 0.407 e. The highest BCUT2D eigenvalue weighted by molar-refractivity contribution is 9.10. The zero-order valence-corrected chi connectivity index (χ0v) is 13.2. The van der Waals surface area contributed by atoms with Crippen LogP contribution in [0.3, 0.4) is 0 Å². The van der Waals surface area contributed by atoms with Crippen molar-refractivity contribution in [1.82, 2.24) is 4.72 Å². The summed E-state index contributed by atoms with van der Waals surface area (Å²) in [4.78, 5) is -0.429. The maximum Gasteiger partial charge on any atom is 0.407 e. The summed E-state index contributed by atoms with van der Waals surface area (Å²) in [6.07, 6.45) is -5.22. The highest BCUT2D eigenvalue weighted by atomic mass is 79.9. The molecule has 2 rings (SSSR count). The number of nitrogens with two attached hydrogens (primary N) is 1. The van der Waals surface area contributed by atoms with Crippen molar-refractivity contribution in [1.29, 1.82) is 0 Å². The van der Waals surface area contributed by atoms with Gasteiger partial charge in [-0.05, 0) is 40.9 Å². The van der Waals surface area contributed by atoms with Gasteiger partial charge in [0.05, 0.1) is 7.11 Å². The quantitative estimate of drug-likeness (QED) is 0.776. The Morgan fingerprint density at radius 1 is 1.38 bits per heavy atom. The maximum absolute atomic E-state index is 12.9. The van der Waals surface area contributed by atoms with E-state index in [1.54, 1.807) is 4.72 Å². The van der Waals surface area contributed by atoms with Gasteiger partial charge in [0.2, 0.25) is 10.0 Å². The SMILES string of the molecule is COc1cc(Br)c(N)cc1S(=O)(=O)NC1(C(F)(F)F)CC1. The number of alkyl halides is 3. The van der Waals surface area contributed by atoms with Crippen LogP contribution in [-0.4, -0.2) is 27.2 Å². The van der Waals surface area contributed by atoms with E-state index in [4.69, 9.17) is 10.5 Å². The monoisotopic (exact) mass is 388 g/mol. The van der Waals surface area contributed by atoms with Gasteiger partial charge in [-0.2, -0.15) is 17.9 Å². The number of sulfonamides is 1. The van der Waals surface area contributed by atoms with Crippen molar-refractivity contribution in [3.63, 3.8) is 0 Å². The summed E-state index contributed by atoms with van der Waals surface area (Å²) in [6, 6.07) is 2.34. The van der Waals surface area contributed by atoms with E-state index in [0.29, 0.717) is 4.47 Å². The van der Waals surface area contributed by atoms with Crippen molar-refractivity contribution in [3.8, 4) is 5.75 Å². The first kappa shape index (κ1) is 16.4. The minimum absolute atomic E-state index is 0.0769. The van der Waals surface area contributed by atoms with Crippen LogP contribution in [0, 0.1) is 0 Å². The number of nitrogens with one attached hydrogen (secondary N) is 1. The van der Waals surface area contributed by atoms with Crippen molar-refractivity contribution >= 4 is 31.6 Å². The normalized spacial score (nSPS) is 17.6. The molecule has 0 amide bonds. The number of ether oxygens (including phenoxy) is 1. The Balaban J connectivity index is 2.44. The van der Waals surface area contributed by atoms with E-state index in [2.05, 4.69) is 15.9 Å². The second-order valence-corrected chi connectivity index (χ2v) is 7.22. The van der Waals surface area contributed by atoms with Crippen molar-refractivity contribution in [2.45, 2.75) is 29.5 Å². The minimum atomic E-state index is -4.64. The molecular formula is C11H12BrF3N2O3S. The largest absolute Gasteiger partial charge is 0.495 e. The van der Waals surface area contributed by atoms with Crippen molar-refractivity contribution in [2.24, 2.45) is 0 Å². The second-order valence-electron chi connectivity index (χ2n) is 4.71. The van der Waals surface area contributed by atoms with Crippen LogP contribution in [0.15, 0.2) is 21.5 Å². The molecule has 1 aliphatic rings. The lowest BCUT2D eigenvalue weighted by Crippen LogP contribution is -2.47. The number of benzene rings is 1. The molecule has 0 radical (unpaired) electrons. The molecule has 0 saturated heterocycles. The molecule has 0 bridgehead atoms. The molecule has 0 heterocycles. The number of hydrogen-bond acceptors (Lipinski definition) is 4. The Hall–Kier alpha value is -1.00. The molecule has 3 N–H and O–H groups in total. The lowest BCUT2D eigenvalue weighted by molar-refractivity contribution is -0.160. The van der Waals surface area contributed by atoms with E-state index >= 15 is 0 Å². The first-order valence-electron chi connectivity index (χ1n) is 5.76. The molecule has 0 unspecified atom stereocenters. The van der Waals surface area contributed by atoms with Gasteiger partial charge in [-0.1, -0.05) is 0 Å². The topological polar surface area (TPSA) is 81.4 Å². The van der Waals surface area contributed by atoms with Gasteiger partial charge in [-0.15, -0.1) is 0 Å². The summed E-state index contributed by atoms with van der Waals surface area (Å²) in [5.41, 5.74) is 3.28. The third-order valence-corrected chi connectivity index (χ3v) is 5.44. The summed E-state index contributed by atoms with van der Waals surface area (Å²) >= 11 is 3.09. The minimum Gasteiger partial charge on any atom is -0.495 e. The average molecular weight is 389 g/mol. The predicted octanol–water partition coefficient (Wildman–Crippen LogP) is 2.41. The molecule has 1 saturated carbocycles. The van der Waals surface area contributed by atoms with Crippen LogP contribution in [0.2, 0.25) is 0 Å². The molecule has 5 nitrogen and oxygen atoms in total. The van der Waals surface area contributed by atoms with Crippen molar-refractivity contribution in [2.75, 3.05) is 12.8 Å². The zero-order valence-electron chi connectivity index (χ0n) is 10.8. The zero-order chi connectivity index (χ0) is 16.1. The summed E-state index contributed by atoms with van der Waals surface area (Å²) in [5, 5.41) is 0. The fourth-order valence-corrected chi connectivity index (χ4v) is 3.76. The molecule has 118 valence electrons. The lowest BCUT2D eigenvalue weighted by atomic mass is 10.3. The van der Waals surface area contributed by atoms with Gasteiger partial charge in [-0.3, -0.25) is 0 Å². The third-order valence-electron chi connectivity index (χ3n) is 3.19. The number of halogens is 4. The first-order chi connectivity index (χ1) is 9.52. The molecule has 0 spiro atoms. The van der Waals surface area contributed by atoms with Gasteiger partial charge >= 0.3 is 6.18 Å². The fourth-order valence-electron chi connectivity index (χ4n) is 1.80. The number of anilines is 1. The molecule has 0 aliphatic heterocycles. The van der Waals surface area contributed by atoms with Crippen LogP contribution in [0.5, 0.6) is 5.75 Å². The predicted molar refractivity (Wildman–Crippen MR) is 73.4 cm³/mol. The summed E-state index contributed by atoms with van der Waals surface area (Å²) < 4.78 is 70.1. The average Bonchev–Trinajstić information content (AvgIpc) is 3.11. The Kier molecular flexibility index (Phi) is 3.92. The number of methoxy groups -OCH3 is 1. The van der Waals surface area contributed by atoms with Crippen molar-refractivity contribution in [3.05, 3.63) is 16.6 Å². The summed E-state index contributed by atoms with van der Waals surface area (Å²) in [7, 11) is -3.20. The van der Waals surface area contributed by atoms with Crippen molar-refractivity contribution < 1.29 is 26.3 Å². The van der Waals surface area contributed by atoms with Gasteiger partial charge in [0.15, 0.2) is 0 Å². The number of rotatable bonds is 4. The molecule has 1 aliphatic carbocycles. The van der Waals surface area contributed by atoms with Gasteiger partial charge in [0, 0.05) is 10.2 Å². The standard InChI is InChI=1S/C11H12BrF3N2O3S/c1-20-8-4-6(12)7(16)5-9(8)21(18,19)17-10(2-3-10)11(13,14)15/h4-5,17H,2-3,16H2,1H3. The molecule has 1 fully saturated rings. The van der Waals surface area contributed by atoms with Gasteiger partial charge in [-0.25, -0.2) is 8.42 Å². The molecule has 10 heteroatoms. The summed E-state index contributed by atoms with van der Waals surface area (Å²) in [6.45, 7) is 0. The van der Waals surface area contributed by atoms with E-state index < -0.39 is 26.6 Å². The molecular weight excluding hydrogens is 377 g/mol. The molecule has 0 aromatic heterocycles. The van der Waals surface area contributed by atoms with Crippen LogP contribution in [0.25, 0.3) is 0 Å². The second kappa shape index (κ2) is 5.03. The van der Waals surface area contributed by atoms with E-state index in [1.165, 1.54) is 13.2 Å². The fraction of sp³-hybridized carbons (Fsp3) is 0.455. The van der Waals surface area contributed by atoms with E-state index in [0.717, 1.165) is 6.07 Å². The van der Waals surface area contributed by atoms with Crippen LogP contribution in [0.1, 0.15) is 12.8 Å². The Morgan fingerprint density at radius 2 is 1.95 bits per heavy atom. The molecule has 21 heavy (non-hydrogen) atoms. The van der Waals surface area contributed by atoms with Crippen LogP contribution in [0.4, 0.5) is 18.9 Å². The van der Waals surface area contributed by atoms with E-state index in [1.807, 2.05) is 0 Å². The lowest BCUT2D eigenvalue weighted by Gasteiger charge is -2.21. The molecule has 1 aromatic carbocycles. The van der Waals surface area contributed by atoms with Crippen LogP contribution >= 0.6 is 15.9 Å². The highest BCUT2D eigenvalue weighted by Gasteiger charge is 2.65. The summed E-state index contributed by atoms with van der Waals surface area (Å²) in [5.74, 6) is -0.0958. The van der Waals surface area contributed by atoms with Crippen LogP contribution in [-0.2, 0) is 10.0 Å². The Bertz CT molecular complexity index is 672. The Morgan fingerprint density at radius 3 is 2.38 bits per heavy atom.